The Hall–Kier alpha value is -1.13. The third kappa shape index (κ3) is 2.74. The lowest BCUT2D eigenvalue weighted by atomic mass is 10.1. The fraction of sp³-hybridized carbons (Fsp3) is 0.800. The van der Waals surface area contributed by atoms with Crippen LogP contribution in [-0.2, 0) is 25.2 Å². The van der Waals surface area contributed by atoms with Crippen LogP contribution in [0.25, 0.3) is 0 Å². The van der Waals surface area contributed by atoms with Crippen LogP contribution in [0.4, 0.5) is 42.9 Å². The van der Waals surface area contributed by atoms with Gasteiger partial charge in [0.05, 0.1) is 0 Å². The number of carbonyl (C=O) groups excluding carboxylic acids is 1. The van der Waals surface area contributed by atoms with Crippen molar-refractivity contribution < 1.29 is 64.5 Å². The molecule has 0 fully saturated rings. The second kappa shape index (κ2) is 4.93. The Morgan fingerprint density at radius 3 is 0.864 bits per heavy atom. The predicted octanol–water partition coefficient (Wildman–Crippen LogP) is 1.61. The fourth-order valence-corrected chi connectivity index (χ4v) is 2.30. The number of halogens is 10. The molecule has 0 heterocycles. The van der Waals surface area contributed by atoms with Gasteiger partial charge in [0.15, 0.2) is 0 Å². The lowest BCUT2D eigenvalue weighted by Gasteiger charge is -2.29. The average Bonchev–Trinajstić information content (AvgIpc) is 2.19. The van der Waals surface area contributed by atoms with Crippen LogP contribution in [0, 0.1) is 0 Å². The fourth-order valence-electron chi connectivity index (χ4n) is 0.962. The van der Waals surface area contributed by atoms with Gasteiger partial charge in [-0.25, -0.2) is 8.78 Å². The molecule has 132 valence electrons. The van der Waals surface area contributed by atoms with Gasteiger partial charge in [-0.1, -0.05) is 0 Å². The molecule has 22 heavy (non-hydrogen) atoms. The van der Waals surface area contributed by atoms with Crippen molar-refractivity contribution in [2.24, 2.45) is 0 Å². The summed E-state index contributed by atoms with van der Waals surface area (Å²) in [6, 6.07) is 0. The molecule has 0 N–H and O–H groups in total. The highest BCUT2D eigenvalue weighted by atomic mass is 32.3. The molecule has 0 saturated carbocycles. The zero-order valence-corrected chi connectivity index (χ0v) is 10.8. The summed E-state index contributed by atoms with van der Waals surface area (Å²) < 4.78 is 163. The van der Waals surface area contributed by atoms with Gasteiger partial charge in [0.2, 0.25) is 0 Å². The zero-order chi connectivity index (χ0) is 18.6. The zero-order valence-electron chi connectivity index (χ0n) is 9.14. The lowest BCUT2D eigenvalue weighted by molar-refractivity contribution is -0.228. The van der Waals surface area contributed by atoms with Gasteiger partial charge in [-0.15, -0.1) is 7.77 Å². The van der Waals surface area contributed by atoms with Crippen LogP contribution in [0.2, 0.25) is 0 Å². The molecule has 0 bridgehead atoms. The molecule has 0 spiro atoms. The summed E-state index contributed by atoms with van der Waals surface area (Å²) in [6.45, 7) is 0. The number of Topliss-reactive ketones (excluding diaryl/α,β-unsaturated/α-hetero) is 1. The second-order valence-electron chi connectivity index (χ2n) is 3.39. The van der Waals surface area contributed by atoms with E-state index < -0.39 is 48.6 Å². The number of ketones is 1. The maximum absolute atomic E-state index is 13.1. The first-order chi connectivity index (χ1) is 9.15. The summed E-state index contributed by atoms with van der Waals surface area (Å²) in [5.41, 5.74) is 0. The van der Waals surface area contributed by atoms with Crippen LogP contribution in [0.15, 0.2) is 0 Å². The van der Waals surface area contributed by atoms with E-state index in [9.17, 15) is 64.5 Å². The number of rotatable bonds is 4. The average molecular weight is 394 g/mol. The van der Waals surface area contributed by atoms with Crippen molar-refractivity contribution in [2.45, 2.75) is 22.4 Å². The molecule has 0 aromatic carbocycles. The first-order valence-corrected chi connectivity index (χ1v) is 6.87. The predicted molar refractivity (Wildman–Crippen MR) is 44.9 cm³/mol. The molecular weight excluding hydrogens is 394 g/mol. The van der Waals surface area contributed by atoms with Gasteiger partial charge >= 0.3 is 42.8 Å². The molecular formula is C5F10O5S2. The third-order valence-corrected chi connectivity index (χ3v) is 4.16. The minimum Gasteiger partial charge on any atom is -0.289 e. The normalized spacial score (nSPS) is 20.1. The van der Waals surface area contributed by atoms with E-state index in [4.69, 9.17) is 0 Å². The van der Waals surface area contributed by atoms with Gasteiger partial charge in [0.25, 0.3) is 5.78 Å². The number of hydrogen-bond donors (Lipinski definition) is 0. The van der Waals surface area contributed by atoms with Crippen LogP contribution in [-0.4, -0.2) is 45.0 Å². The summed E-state index contributed by atoms with van der Waals surface area (Å²) in [7, 11) is -16.1. The molecule has 17 heteroatoms. The van der Waals surface area contributed by atoms with Crippen LogP contribution in [0.1, 0.15) is 0 Å². The molecule has 0 aliphatic rings. The van der Waals surface area contributed by atoms with Crippen molar-refractivity contribution in [3.63, 3.8) is 0 Å². The van der Waals surface area contributed by atoms with Crippen molar-refractivity contribution in [1.82, 2.24) is 0 Å². The van der Waals surface area contributed by atoms with Crippen molar-refractivity contribution in [2.75, 3.05) is 0 Å². The van der Waals surface area contributed by atoms with Crippen LogP contribution < -0.4 is 0 Å². The molecule has 0 amide bonds. The minimum atomic E-state index is -8.04. The Morgan fingerprint density at radius 2 is 0.773 bits per heavy atom. The van der Waals surface area contributed by atoms with Gasteiger partial charge < -0.3 is 0 Å². The van der Waals surface area contributed by atoms with E-state index in [0.29, 0.717) is 0 Å². The first kappa shape index (κ1) is 20.9. The molecule has 0 aliphatic carbocycles. The molecule has 0 aromatic heterocycles. The standard InChI is InChI=1S/C5F10O5S2/c6-2(4(8,9)10,21(14,17)18)1(16)3(7,5(11,12)13)22(15,19)20. The van der Waals surface area contributed by atoms with Crippen molar-refractivity contribution >= 4 is 26.2 Å². The SMILES string of the molecule is O=C(C(F)(C(F)(F)F)S(=O)(=O)F)C(F)(C(F)(F)F)S(=O)(=O)F. The first-order valence-electron chi connectivity index (χ1n) is 4.10. The van der Waals surface area contributed by atoms with E-state index in [-0.39, 0.29) is 0 Å². The topological polar surface area (TPSA) is 85.3 Å². The Labute approximate surface area is 114 Å². The Morgan fingerprint density at radius 1 is 0.591 bits per heavy atom. The van der Waals surface area contributed by atoms with Crippen LogP contribution in [0.3, 0.4) is 0 Å². The van der Waals surface area contributed by atoms with Crippen molar-refractivity contribution in [1.29, 1.82) is 0 Å². The maximum atomic E-state index is 13.1. The quantitative estimate of drug-likeness (QED) is 0.534. The number of hydrogen-bond acceptors (Lipinski definition) is 5. The van der Waals surface area contributed by atoms with E-state index in [1.54, 1.807) is 0 Å². The highest BCUT2D eigenvalue weighted by Crippen LogP contribution is 2.49. The van der Waals surface area contributed by atoms with E-state index >= 15 is 0 Å². The van der Waals surface area contributed by atoms with Gasteiger partial charge in [-0.05, 0) is 0 Å². The summed E-state index contributed by atoms with van der Waals surface area (Å²) >= 11 is 0. The Kier molecular flexibility index (Phi) is 4.68. The van der Waals surface area contributed by atoms with Gasteiger partial charge in [0, 0.05) is 0 Å². The molecule has 0 aliphatic heterocycles. The minimum absolute atomic E-state index is 5.11. The van der Waals surface area contributed by atoms with E-state index in [1.165, 1.54) is 0 Å². The largest absolute Gasteiger partial charge is 0.448 e. The Bertz CT molecular complexity index is 615. The van der Waals surface area contributed by atoms with Crippen molar-refractivity contribution in [3.8, 4) is 0 Å². The van der Waals surface area contributed by atoms with Gasteiger partial charge in [-0.3, -0.25) is 4.79 Å². The summed E-state index contributed by atoms with van der Waals surface area (Å²) in [5, 5.41) is -14.6. The van der Waals surface area contributed by atoms with Crippen LogP contribution >= 0.6 is 0 Å². The molecule has 2 atom stereocenters. The molecule has 0 saturated heterocycles. The van der Waals surface area contributed by atoms with E-state index in [2.05, 4.69) is 0 Å². The summed E-state index contributed by atoms with van der Waals surface area (Å²) in [5.74, 6) is -5.11. The molecule has 2 unspecified atom stereocenters. The van der Waals surface area contributed by atoms with Gasteiger partial charge in [0.1, 0.15) is 0 Å². The Balaban J connectivity index is 6.91. The summed E-state index contributed by atoms with van der Waals surface area (Å²) in [4.78, 5) is 10.6. The lowest BCUT2D eigenvalue weighted by Crippen LogP contribution is -2.65. The number of alkyl halides is 8. The molecule has 5 nitrogen and oxygen atoms in total. The molecule has 0 radical (unpaired) electrons. The highest BCUT2D eigenvalue weighted by molar-refractivity contribution is 7.90. The maximum Gasteiger partial charge on any atom is 0.448 e. The van der Waals surface area contributed by atoms with Crippen LogP contribution in [0.5, 0.6) is 0 Å². The van der Waals surface area contributed by atoms with E-state index in [0.717, 1.165) is 0 Å². The molecule has 0 aromatic rings. The smallest absolute Gasteiger partial charge is 0.289 e. The van der Waals surface area contributed by atoms with E-state index in [1.807, 2.05) is 0 Å². The van der Waals surface area contributed by atoms with Gasteiger partial charge in [-0.2, -0.15) is 43.2 Å². The summed E-state index contributed by atoms with van der Waals surface area (Å²) in [6.07, 6.45) is -14.8. The second-order valence-corrected chi connectivity index (χ2v) is 6.27. The third-order valence-electron chi connectivity index (χ3n) is 1.99. The molecule has 0 rings (SSSR count). The number of carbonyl (C=O) groups is 1. The van der Waals surface area contributed by atoms with Crippen molar-refractivity contribution in [3.05, 3.63) is 0 Å². The monoisotopic (exact) mass is 394 g/mol. The highest BCUT2D eigenvalue weighted by Gasteiger charge is 2.84.